The summed E-state index contributed by atoms with van der Waals surface area (Å²) in [7, 11) is 0. The van der Waals surface area contributed by atoms with Crippen molar-refractivity contribution in [3.05, 3.63) is 29.0 Å². The summed E-state index contributed by atoms with van der Waals surface area (Å²) in [5, 5.41) is 11.0. The number of hydrogen-bond acceptors (Lipinski definition) is 3. The molecule has 0 saturated heterocycles. The number of hydrogen-bond donors (Lipinski definition) is 2. The van der Waals surface area contributed by atoms with Gasteiger partial charge in [-0.1, -0.05) is 11.6 Å². The summed E-state index contributed by atoms with van der Waals surface area (Å²) >= 11 is 5.71. The zero-order chi connectivity index (χ0) is 12.0. The fourth-order valence-electron chi connectivity index (χ4n) is 1.000. The Morgan fingerprint density at radius 1 is 1.56 bits per heavy atom. The summed E-state index contributed by atoms with van der Waals surface area (Å²) in [6.07, 6.45) is 0. The molecule has 0 spiro atoms. The first-order chi connectivity index (χ1) is 7.63. The van der Waals surface area contributed by atoms with Gasteiger partial charge in [0, 0.05) is 0 Å². The number of nitrogens with one attached hydrogen (secondary N) is 1. The van der Waals surface area contributed by atoms with E-state index in [4.69, 9.17) is 21.4 Å². The second-order valence-electron chi connectivity index (χ2n) is 2.93. The first-order valence-electron chi connectivity index (χ1n) is 4.59. The molecule has 0 aliphatic carbocycles. The van der Waals surface area contributed by atoms with Crippen LogP contribution < -0.4 is 10.1 Å². The zero-order valence-corrected chi connectivity index (χ0v) is 9.13. The summed E-state index contributed by atoms with van der Waals surface area (Å²) < 4.78 is 17.9. The maximum absolute atomic E-state index is 12.7. The first kappa shape index (κ1) is 12.7. The van der Waals surface area contributed by atoms with Crippen molar-refractivity contribution >= 4 is 17.5 Å². The maximum atomic E-state index is 12.7. The molecule has 0 aromatic heterocycles. The van der Waals surface area contributed by atoms with Gasteiger partial charge in [0.1, 0.15) is 24.8 Å². The molecule has 0 heterocycles. The number of rotatable bonds is 5. The summed E-state index contributed by atoms with van der Waals surface area (Å²) in [6, 6.07) is 3.78. The van der Waals surface area contributed by atoms with Crippen LogP contribution in [0.4, 0.5) is 4.39 Å². The van der Waals surface area contributed by atoms with E-state index in [2.05, 4.69) is 5.32 Å². The number of aliphatic hydroxyl groups is 1. The highest BCUT2D eigenvalue weighted by molar-refractivity contribution is 6.32. The third-order valence-corrected chi connectivity index (χ3v) is 2.01. The van der Waals surface area contributed by atoms with E-state index in [1.165, 1.54) is 12.1 Å². The van der Waals surface area contributed by atoms with Crippen LogP contribution in [0.1, 0.15) is 0 Å². The molecule has 0 bridgehead atoms. The minimum absolute atomic E-state index is 0.175. The Labute approximate surface area is 97.0 Å². The predicted molar refractivity (Wildman–Crippen MR) is 57.0 cm³/mol. The largest absolute Gasteiger partial charge is 0.490 e. The monoisotopic (exact) mass is 247 g/mol. The second kappa shape index (κ2) is 6.30. The Hall–Kier alpha value is -1.33. The van der Waals surface area contributed by atoms with Crippen LogP contribution in [0.15, 0.2) is 18.2 Å². The van der Waals surface area contributed by atoms with Gasteiger partial charge >= 0.3 is 0 Å². The third-order valence-electron chi connectivity index (χ3n) is 1.72. The molecule has 0 saturated carbocycles. The van der Waals surface area contributed by atoms with E-state index in [-0.39, 0.29) is 18.2 Å². The summed E-state index contributed by atoms with van der Waals surface area (Å²) in [5.41, 5.74) is 0. The number of ether oxygens (including phenoxy) is 1. The van der Waals surface area contributed by atoms with Gasteiger partial charge in [-0.15, -0.1) is 0 Å². The summed E-state index contributed by atoms with van der Waals surface area (Å²) in [6.45, 7) is -0.124. The van der Waals surface area contributed by atoms with Crippen molar-refractivity contribution < 1.29 is 19.0 Å². The van der Waals surface area contributed by atoms with Crippen LogP contribution in [-0.4, -0.2) is 30.8 Å². The first-order valence-corrected chi connectivity index (χ1v) is 4.96. The van der Waals surface area contributed by atoms with E-state index in [0.717, 1.165) is 6.07 Å². The van der Waals surface area contributed by atoms with Crippen LogP contribution in [0.25, 0.3) is 0 Å². The van der Waals surface area contributed by atoms with Gasteiger partial charge in [0.15, 0.2) is 0 Å². The Kier molecular flexibility index (Phi) is 5.01. The highest BCUT2D eigenvalue weighted by atomic mass is 35.5. The smallest absolute Gasteiger partial charge is 0.245 e. The Bertz CT molecular complexity index is 373. The number of halogens is 2. The molecule has 0 aliphatic heterocycles. The van der Waals surface area contributed by atoms with Gasteiger partial charge in [0.2, 0.25) is 5.91 Å². The van der Waals surface area contributed by atoms with Gasteiger partial charge in [-0.25, -0.2) is 4.39 Å². The lowest BCUT2D eigenvalue weighted by atomic mass is 10.3. The van der Waals surface area contributed by atoms with Gasteiger partial charge in [-0.05, 0) is 18.2 Å². The molecule has 6 heteroatoms. The number of aliphatic hydroxyl groups excluding tert-OH is 1. The minimum Gasteiger partial charge on any atom is -0.490 e. The number of carbonyl (C=O) groups is 1. The molecule has 4 nitrogen and oxygen atoms in total. The zero-order valence-electron chi connectivity index (χ0n) is 8.37. The molecule has 0 atom stereocenters. The standard InChI is InChI=1S/C10H11ClFNO3/c11-8-5-7(12)1-2-9(8)16-4-3-13-10(15)6-14/h1-2,5,14H,3-4,6H2,(H,13,15). The van der Waals surface area contributed by atoms with Crippen LogP contribution in [0, 0.1) is 5.82 Å². The lowest BCUT2D eigenvalue weighted by Gasteiger charge is -2.08. The van der Waals surface area contributed by atoms with E-state index in [0.29, 0.717) is 5.75 Å². The normalized spacial score (nSPS) is 9.94. The van der Waals surface area contributed by atoms with Gasteiger partial charge in [-0.2, -0.15) is 0 Å². The molecule has 0 aliphatic rings. The summed E-state index contributed by atoms with van der Waals surface area (Å²) in [5.74, 6) is -0.568. The van der Waals surface area contributed by atoms with Crippen molar-refractivity contribution in [1.82, 2.24) is 5.32 Å². The average molecular weight is 248 g/mol. The van der Waals surface area contributed by atoms with E-state index in [1.807, 2.05) is 0 Å². The van der Waals surface area contributed by atoms with E-state index >= 15 is 0 Å². The average Bonchev–Trinajstić information content (AvgIpc) is 2.26. The van der Waals surface area contributed by atoms with Crippen molar-refractivity contribution in [3.63, 3.8) is 0 Å². The van der Waals surface area contributed by atoms with Gasteiger partial charge in [-0.3, -0.25) is 4.79 Å². The fraction of sp³-hybridized carbons (Fsp3) is 0.300. The topological polar surface area (TPSA) is 58.6 Å². The molecule has 0 unspecified atom stereocenters. The van der Waals surface area contributed by atoms with Crippen molar-refractivity contribution in [2.45, 2.75) is 0 Å². The van der Waals surface area contributed by atoms with Crippen molar-refractivity contribution in [2.24, 2.45) is 0 Å². The molecule has 1 amide bonds. The lowest BCUT2D eigenvalue weighted by molar-refractivity contribution is -0.123. The predicted octanol–water partition coefficient (Wildman–Crippen LogP) is 0.966. The van der Waals surface area contributed by atoms with Crippen molar-refractivity contribution in [1.29, 1.82) is 0 Å². The molecule has 1 aromatic rings. The Balaban J connectivity index is 2.35. The third kappa shape index (κ3) is 4.04. The summed E-state index contributed by atoms with van der Waals surface area (Å²) in [4.78, 5) is 10.6. The molecular formula is C10H11ClFNO3. The molecule has 16 heavy (non-hydrogen) atoms. The lowest BCUT2D eigenvalue weighted by Crippen LogP contribution is -2.30. The van der Waals surface area contributed by atoms with Crippen LogP contribution in [0.5, 0.6) is 5.75 Å². The van der Waals surface area contributed by atoms with E-state index < -0.39 is 18.3 Å². The van der Waals surface area contributed by atoms with Gasteiger partial charge < -0.3 is 15.2 Å². The number of amides is 1. The van der Waals surface area contributed by atoms with E-state index in [1.54, 1.807) is 0 Å². The number of benzene rings is 1. The molecular weight excluding hydrogens is 237 g/mol. The quantitative estimate of drug-likeness (QED) is 0.763. The fourth-order valence-corrected chi connectivity index (χ4v) is 1.22. The van der Waals surface area contributed by atoms with Crippen LogP contribution in [0.2, 0.25) is 5.02 Å². The van der Waals surface area contributed by atoms with Crippen molar-refractivity contribution in [2.75, 3.05) is 19.8 Å². The molecule has 1 rings (SSSR count). The molecule has 0 fully saturated rings. The molecule has 1 aromatic carbocycles. The van der Waals surface area contributed by atoms with Crippen LogP contribution in [-0.2, 0) is 4.79 Å². The van der Waals surface area contributed by atoms with Gasteiger partial charge in [0.25, 0.3) is 0 Å². The number of carbonyl (C=O) groups excluding carboxylic acids is 1. The molecule has 2 N–H and O–H groups in total. The van der Waals surface area contributed by atoms with Crippen LogP contribution in [0.3, 0.4) is 0 Å². The van der Waals surface area contributed by atoms with E-state index in [9.17, 15) is 9.18 Å². The Morgan fingerprint density at radius 3 is 2.94 bits per heavy atom. The maximum Gasteiger partial charge on any atom is 0.245 e. The highest BCUT2D eigenvalue weighted by Crippen LogP contribution is 2.24. The minimum atomic E-state index is -0.558. The van der Waals surface area contributed by atoms with Crippen molar-refractivity contribution in [3.8, 4) is 5.75 Å². The molecule has 0 radical (unpaired) electrons. The van der Waals surface area contributed by atoms with Crippen LogP contribution >= 0.6 is 11.6 Å². The second-order valence-corrected chi connectivity index (χ2v) is 3.34. The Morgan fingerprint density at radius 2 is 2.31 bits per heavy atom. The van der Waals surface area contributed by atoms with Gasteiger partial charge in [0.05, 0.1) is 11.6 Å². The molecule has 88 valence electrons. The highest BCUT2D eigenvalue weighted by Gasteiger charge is 2.03. The SMILES string of the molecule is O=C(CO)NCCOc1ccc(F)cc1Cl.